The number of sulfonamides is 1. The van der Waals surface area contributed by atoms with Gasteiger partial charge in [0.25, 0.3) is 0 Å². The molecule has 2 N–H and O–H groups in total. The Morgan fingerprint density at radius 1 is 1.15 bits per heavy atom. The molecule has 0 unspecified atom stereocenters. The average molecular weight is 397 g/mol. The molecule has 1 aliphatic heterocycles. The quantitative estimate of drug-likeness (QED) is 0.793. The molecule has 8 nitrogen and oxygen atoms in total. The molecule has 1 saturated heterocycles. The smallest absolute Gasteiger partial charge is 0.317 e. The van der Waals surface area contributed by atoms with E-state index in [4.69, 9.17) is 0 Å². The minimum atomic E-state index is -3.68. The van der Waals surface area contributed by atoms with Gasteiger partial charge < -0.3 is 15.5 Å². The Hall–Kier alpha value is -2.13. The normalized spacial score (nSPS) is 17.7. The molecule has 0 saturated carbocycles. The van der Waals surface area contributed by atoms with E-state index in [0.29, 0.717) is 32.6 Å². The molecule has 1 heterocycles. The summed E-state index contributed by atoms with van der Waals surface area (Å²) in [4.78, 5) is 26.1. The maximum absolute atomic E-state index is 12.9. The van der Waals surface area contributed by atoms with Crippen LogP contribution in [0.15, 0.2) is 35.2 Å². The van der Waals surface area contributed by atoms with Crippen LogP contribution in [-0.2, 0) is 14.8 Å². The largest absolute Gasteiger partial charge is 0.354 e. The number of hydrogen-bond acceptors (Lipinski definition) is 4. The van der Waals surface area contributed by atoms with Crippen molar-refractivity contribution < 1.29 is 18.0 Å². The van der Waals surface area contributed by atoms with Gasteiger partial charge >= 0.3 is 6.03 Å². The Morgan fingerprint density at radius 2 is 1.89 bits per heavy atom. The third kappa shape index (κ3) is 6.21. The Labute approximate surface area is 161 Å². The van der Waals surface area contributed by atoms with Gasteiger partial charge in [-0.3, -0.25) is 4.79 Å². The van der Waals surface area contributed by atoms with Gasteiger partial charge in [0.15, 0.2) is 0 Å². The molecule has 9 heteroatoms. The molecule has 2 rings (SSSR count). The number of carbonyl (C=O) groups is 2. The first-order valence-corrected chi connectivity index (χ1v) is 10.7. The third-order valence-electron chi connectivity index (χ3n) is 4.32. The van der Waals surface area contributed by atoms with Crippen LogP contribution in [0.25, 0.3) is 0 Å². The molecule has 0 aromatic heterocycles. The Kier molecular flexibility index (Phi) is 8.05. The predicted octanol–water partition coefficient (Wildman–Crippen LogP) is 1.01. The summed E-state index contributed by atoms with van der Waals surface area (Å²) in [5, 5.41) is 5.57. The van der Waals surface area contributed by atoms with Crippen molar-refractivity contribution in [2.75, 3.05) is 39.3 Å². The number of benzene rings is 1. The van der Waals surface area contributed by atoms with Crippen molar-refractivity contribution in [3.05, 3.63) is 30.3 Å². The number of carbonyl (C=O) groups excluding carboxylic acids is 2. The van der Waals surface area contributed by atoms with E-state index in [-0.39, 0.29) is 36.3 Å². The van der Waals surface area contributed by atoms with Crippen molar-refractivity contribution in [1.29, 1.82) is 0 Å². The molecule has 150 valence electrons. The SMILES string of the molecule is CCCNC(=O)N1CCCN(S(=O)(=O)c2ccccc2)CCC(=O)NCC1. The zero-order valence-electron chi connectivity index (χ0n) is 15.7. The van der Waals surface area contributed by atoms with Gasteiger partial charge in [0.05, 0.1) is 4.90 Å². The molecule has 27 heavy (non-hydrogen) atoms. The molecule has 1 aliphatic rings. The highest BCUT2D eigenvalue weighted by Crippen LogP contribution is 2.16. The Balaban J connectivity index is 2.12. The number of nitrogens with zero attached hydrogens (tertiary/aromatic N) is 2. The summed E-state index contributed by atoms with van der Waals surface area (Å²) >= 11 is 0. The van der Waals surface area contributed by atoms with Crippen molar-refractivity contribution in [2.45, 2.75) is 31.1 Å². The van der Waals surface area contributed by atoms with Crippen LogP contribution < -0.4 is 10.6 Å². The third-order valence-corrected chi connectivity index (χ3v) is 6.23. The second kappa shape index (κ2) is 10.3. The summed E-state index contributed by atoms with van der Waals surface area (Å²) in [5.74, 6) is -0.223. The Morgan fingerprint density at radius 3 is 2.59 bits per heavy atom. The van der Waals surface area contributed by atoms with Gasteiger partial charge in [-0.2, -0.15) is 4.31 Å². The van der Waals surface area contributed by atoms with Crippen LogP contribution in [0.1, 0.15) is 26.2 Å². The van der Waals surface area contributed by atoms with Crippen LogP contribution in [0, 0.1) is 0 Å². The molecule has 1 aromatic carbocycles. The van der Waals surface area contributed by atoms with E-state index in [0.717, 1.165) is 6.42 Å². The van der Waals surface area contributed by atoms with Crippen molar-refractivity contribution in [3.8, 4) is 0 Å². The van der Waals surface area contributed by atoms with Crippen LogP contribution in [0.2, 0.25) is 0 Å². The number of urea groups is 1. The van der Waals surface area contributed by atoms with E-state index >= 15 is 0 Å². The maximum atomic E-state index is 12.9. The zero-order valence-corrected chi connectivity index (χ0v) is 16.5. The lowest BCUT2D eigenvalue weighted by molar-refractivity contribution is -0.121. The van der Waals surface area contributed by atoms with Gasteiger partial charge in [-0.25, -0.2) is 13.2 Å². The second-order valence-electron chi connectivity index (χ2n) is 6.39. The maximum Gasteiger partial charge on any atom is 0.317 e. The molecular weight excluding hydrogens is 368 g/mol. The van der Waals surface area contributed by atoms with Crippen LogP contribution in [0.4, 0.5) is 4.79 Å². The zero-order chi connectivity index (χ0) is 19.7. The van der Waals surface area contributed by atoms with Gasteiger partial charge in [-0.15, -0.1) is 0 Å². The lowest BCUT2D eigenvalue weighted by atomic mass is 10.3. The molecule has 0 aliphatic carbocycles. The van der Waals surface area contributed by atoms with E-state index in [1.165, 1.54) is 4.31 Å². The van der Waals surface area contributed by atoms with E-state index in [2.05, 4.69) is 10.6 Å². The molecule has 0 atom stereocenters. The molecule has 1 aromatic rings. The lowest BCUT2D eigenvalue weighted by Crippen LogP contribution is -2.44. The Bertz CT molecular complexity index is 724. The van der Waals surface area contributed by atoms with Gasteiger partial charge in [0.1, 0.15) is 0 Å². The summed E-state index contributed by atoms with van der Waals surface area (Å²) < 4.78 is 27.1. The summed E-state index contributed by atoms with van der Waals surface area (Å²) in [6, 6.07) is 8.00. The average Bonchev–Trinajstić information content (AvgIpc) is 2.71. The van der Waals surface area contributed by atoms with Gasteiger partial charge in [-0.05, 0) is 25.0 Å². The van der Waals surface area contributed by atoms with E-state index in [1.54, 1.807) is 35.2 Å². The summed E-state index contributed by atoms with van der Waals surface area (Å²) in [6.07, 6.45) is 1.42. The van der Waals surface area contributed by atoms with Crippen LogP contribution in [0.5, 0.6) is 0 Å². The standard InChI is InChI=1S/C18H28N4O4S/c1-2-10-20-18(24)21-12-6-13-22(14-9-17(23)19-11-15-21)27(25,26)16-7-4-3-5-8-16/h3-5,7-8H,2,6,9-15H2,1H3,(H,19,23)(H,20,24). The van der Waals surface area contributed by atoms with Crippen LogP contribution in [-0.4, -0.2) is 68.8 Å². The van der Waals surface area contributed by atoms with Crippen molar-refractivity contribution in [3.63, 3.8) is 0 Å². The van der Waals surface area contributed by atoms with E-state index in [9.17, 15) is 18.0 Å². The minimum Gasteiger partial charge on any atom is -0.354 e. The van der Waals surface area contributed by atoms with E-state index in [1.807, 2.05) is 6.92 Å². The molecule has 0 bridgehead atoms. The van der Waals surface area contributed by atoms with E-state index < -0.39 is 10.0 Å². The molecule has 0 spiro atoms. The fourth-order valence-electron chi connectivity index (χ4n) is 2.84. The van der Waals surface area contributed by atoms with Gasteiger partial charge in [0.2, 0.25) is 15.9 Å². The second-order valence-corrected chi connectivity index (χ2v) is 8.33. The first-order chi connectivity index (χ1) is 12.9. The predicted molar refractivity (Wildman–Crippen MR) is 103 cm³/mol. The molecular formula is C18H28N4O4S. The van der Waals surface area contributed by atoms with Crippen molar-refractivity contribution in [2.24, 2.45) is 0 Å². The first-order valence-electron chi connectivity index (χ1n) is 9.30. The van der Waals surface area contributed by atoms with Gasteiger partial charge in [0, 0.05) is 45.7 Å². The van der Waals surface area contributed by atoms with Crippen molar-refractivity contribution in [1.82, 2.24) is 19.8 Å². The topological polar surface area (TPSA) is 98.8 Å². The number of rotatable bonds is 4. The lowest BCUT2D eigenvalue weighted by Gasteiger charge is -2.25. The highest BCUT2D eigenvalue weighted by Gasteiger charge is 2.25. The van der Waals surface area contributed by atoms with Crippen molar-refractivity contribution >= 4 is 22.0 Å². The molecule has 0 radical (unpaired) electrons. The molecule has 1 fully saturated rings. The monoisotopic (exact) mass is 396 g/mol. The number of nitrogens with one attached hydrogen (secondary N) is 2. The van der Waals surface area contributed by atoms with Crippen LogP contribution in [0.3, 0.4) is 0 Å². The number of hydrogen-bond donors (Lipinski definition) is 2. The fraction of sp³-hybridized carbons (Fsp3) is 0.556. The van der Waals surface area contributed by atoms with Crippen LogP contribution >= 0.6 is 0 Å². The summed E-state index contributed by atoms with van der Waals surface area (Å²) in [7, 11) is -3.68. The van der Waals surface area contributed by atoms with Gasteiger partial charge in [-0.1, -0.05) is 25.1 Å². The highest BCUT2D eigenvalue weighted by atomic mass is 32.2. The highest BCUT2D eigenvalue weighted by molar-refractivity contribution is 7.89. The fourth-order valence-corrected chi connectivity index (χ4v) is 4.34. The number of amides is 3. The molecule has 3 amide bonds. The summed E-state index contributed by atoms with van der Waals surface area (Å²) in [5.41, 5.74) is 0. The summed E-state index contributed by atoms with van der Waals surface area (Å²) in [6.45, 7) is 4.09. The first kappa shape index (κ1) is 21.2. The minimum absolute atomic E-state index is 0.0914.